The monoisotopic (exact) mass is 260 g/mol. The Kier molecular flexibility index (Phi) is 4.19. The summed E-state index contributed by atoms with van der Waals surface area (Å²) < 4.78 is 0. The van der Waals surface area contributed by atoms with E-state index in [1.165, 1.54) is 30.5 Å². The minimum atomic E-state index is 0.288. The van der Waals surface area contributed by atoms with Gasteiger partial charge in [0.25, 0.3) is 0 Å². The van der Waals surface area contributed by atoms with E-state index >= 15 is 0 Å². The largest absolute Gasteiger partial charge is 0.374 e. The van der Waals surface area contributed by atoms with Gasteiger partial charge < -0.3 is 10.6 Å². The maximum absolute atomic E-state index is 6.49. The third kappa shape index (κ3) is 3.30. The van der Waals surface area contributed by atoms with E-state index in [0.717, 1.165) is 6.54 Å². The summed E-state index contributed by atoms with van der Waals surface area (Å²) in [7, 11) is 2.18. The van der Waals surface area contributed by atoms with Crippen molar-refractivity contribution in [1.82, 2.24) is 0 Å². The highest BCUT2D eigenvalue weighted by Gasteiger charge is 2.36. The number of nitrogens with two attached hydrogens (primary N) is 1. The summed E-state index contributed by atoms with van der Waals surface area (Å²) in [5, 5.41) is 0. The zero-order valence-electron chi connectivity index (χ0n) is 12.8. The molecule has 2 nitrogen and oxygen atoms in total. The number of hydrogen-bond acceptors (Lipinski definition) is 2. The molecule has 106 valence electrons. The first-order valence-electron chi connectivity index (χ1n) is 7.43. The number of aryl methyl sites for hydroxylation is 1. The molecule has 1 fully saturated rings. The number of anilines is 1. The van der Waals surface area contributed by atoms with E-state index in [1.54, 1.807) is 0 Å². The molecule has 19 heavy (non-hydrogen) atoms. The molecule has 0 heterocycles. The van der Waals surface area contributed by atoms with Gasteiger partial charge in [-0.1, -0.05) is 32.4 Å². The fraction of sp³-hybridized carbons (Fsp3) is 0.647. The topological polar surface area (TPSA) is 29.3 Å². The Morgan fingerprint density at radius 3 is 2.79 bits per heavy atom. The maximum Gasteiger partial charge on any atom is 0.0366 e. The van der Waals surface area contributed by atoms with Gasteiger partial charge in [-0.25, -0.2) is 0 Å². The first-order valence-corrected chi connectivity index (χ1v) is 7.43. The molecule has 1 aromatic rings. The van der Waals surface area contributed by atoms with Gasteiger partial charge >= 0.3 is 0 Å². The highest BCUT2D eigenvalue weighted by atomic mass is 15.1. The van der Waals surface area contributed by atoms with Crippen LogP contribution >= 0.6 is 0 Å². The normalized spacial score (nSPS) is 26.2. The van der Waals surface area contributed by atoms with Gasteiger partial charge in [-0.05, 0) is 48.8 Å². The van der Waals surface area contributed by atoms with E-state index in [2.05, 4.69) is 57.0 Å². The van der Waals surface area contributed by atoms with Crippen molar-refractivity contribution in [3.8, 4) is 0 Å². The first-order chi connectivity index (χ1) is 8.90. The van der Waals surface area contributed by atoms with Crippen LogP contribution in [0.4, 0.5) is 5.69 Å². The molecule has 0 saturated heterocycles. The first kappa shape index (κ1) is 14.4. The molecule has 2 heteroatoms. The number of rotatable bonds is 3. The van der Waals surface area contributed by atoms with Crippen molar-refractivity contribution in [2.45, 2.75) is 46.1 Å². The zero-order valence-corrected chi connectivity index (χ0v) is 12.8. The lowest BCUT2D eigenvalue weighted by atomic mass is 9.68. The summed E-state index contributed by atoms with van der Waals surface area (Å²) in [6.07, 6.45) is 3.84. The lowest BCUT2D eigenvalue weighted by Gasteiger charge is -2.43. The smallest absolute Gasteiger partial charge is 0.0366 e. The second kappa shape index (κ2) is 5.54. The van der Waals surface area contributed by atoms with Gasteiger partial charge in [-0.2, -0.15) is 0 Å². The number of benzene rings is 1. The molecule has 2 atom stereocenters. The van der Waals surface area contributed by atoms with Crippen LogP contribution in [0, 0.1) is 18.3 Å². The average Bonchev–Trinajstić information content (AvgIpc) is 2.35. The Bertz CT molecular complexity index is 425. The zero-order chi connectivity index (χ0) is 14.0. The Morgan fingerprint density at radius 2 is 2.11 bits per heavy atom. The lowest BCUT2D eigenvalue weighted by Crippen LogP contribution is -2.49. The van der Waals surface area contributed by atoms with Crippen LogP contribution < -0.4 is 10.6 Å². The molecule has 1 aromatic carbocycles. The van der Waals surface area contributed by atoms with Crippen LogP contribution in [0.15, 0.2) is 24.3 Å². The Morgan fingerprint density at radius 1 is 1.37 bits per heavy atom. The van der Waals surface area contributed by atoms with Gasteiger partial charge in [-0.3, -0.25) is 0 Å². The van der Waals surface area contributed by atoms with Crippen LogP contribution in [0.5, 0.6) is 0 Å². The molecule has 2 N–H and O–H groups in total. The molecule has 1 aliphatic rings. The summed E-state index contributed by atoms with van der Waals surface area (Å²) in [6.45, 7) is 7.84. The number of nitrogens with zero attached hydrogens (tertiary/aromatic N) is 1. The molecule has 0 radical (unpaired) electrons. The molecule has 0 aromatic heterocycles. The van der Waals surface area contributed by atoms with Crippen LogP contribution in [0.3, 0.4) is 0 Å². The molecule has 0 bridgehead atoms. The van der Waals surface area contributed by atoms with Crippen LogP contribution in [-0.4, -0.2) is 19.6 Å². The van der Waals surface area contributed by atoms with Gasteiger partial charge in [0.05, 0.1) is 0 Å². The molecule has 1 aliphatic carbocycles. The molecule has 0 amide bonds. The van der Waals surface area contributed by atoms with E-state index in [0.29, 0.717) is 12.0 Å². The number of hydrogen-bond donors (Lipinski definition) is 1. The van der Waals surface area contributed by atoms with E-state index in [1.807, 2.05) is 0 Å². The van der Waals surface area contributed by atoms with E-state index in [9.17, 15) is 0 Å². The van der Waals surface area contributed by atoms with E-state index in [4.69, 9.17) is 5.73 Å². The molecule has 1 saturated carbocycles. The van der Waals surface area contributed by atoms with Crippen molar-refractivity contribution >= 4 is 5.69 Å². The van der Waals surface area contributed by atoms with Gasteiger partial charge in [0, 0.05) is 25.3 Å². The predicted octanol–water partition coefficient (Wildman–Crippen LogP) is 3.58. The van der Waals surface area contributed by atoms with E-state index < -0.39 is 0 Å². The van der Waals surface area contributed by atoms with Gasteiger partial charge in [0.15, 0.2) is 0 Å². The quantitative estimate of drug-likeness (QED) is 0.900. The Hall–Kier alpha value is -1.02. The predicted molar refractivity (Wildman–Crippen MR) is 83.5 cm³/mol. The molecule has 0 spiro atoms. The summed E-state index contributed by atoms with van der Waals surface area (Å²) in [5.41, 5.74) is 9.39. The molecular formula is C17H28N2. The van der Waals surface area contributed by atoms with Crippen LogP contribution in [-0.2, 0) is 0 Å². The van der Waals surface area contributed by atoms with Crippen molar-refractivity contribution in [3.63, 3.8) is 0 Å². The highest BCUT2D eigenvalue weighted by Crippen LogP contribution is 2.38. The van der Waals surface area contributed by atoms with Crippen LogP contribution in [0.2, 0.25) is 0 Å². The fourth-order valence-corrected chi connectivity index (χ4v) is 3.33. The standard InChI is InChI=1S/C17H28N2/c1-13-7-5-9-15(11-13)19(4)12-14-8-6-10-17(2,3)16(14)18/h5,7,9,11,14,16H,6,8,10,12,18H2,1-4H3. The summed E-state index contributed by atoms with van der Waals surface area (Å²) >= 11 is 0. The third-order valence-corrected chi connectivity index (χ3v) is 4.76. The van der Waals surface area contributed by atoms with Gasteiger partial charge in [0.2, 0.25) is 0 Å². The van der Waals surface area contributed by atoms with Crippen molar-refractivity contribution in [2.75, 3.05) is 18.5 Å². The van der Waals surface area contributed by atoms with Crippen LogP contribution in [0.25, 0.3) is 0 Å². The second-order valence-electron chi connectivity index (χ2n) is 6.89. The Labute approximate surface area is 118 Å². The minimum Gasteiger partial charge on any atom is -0.374 e. The van der Waals surface area contributed by atoms with Crippen molar-refractivity contribution in [3.05, 3.63) is 29.8 Å². The SMILES string of the molecule is Cc1cccc(N(C)CC2CCCC(C)(C)C2N)c1. The molecule has 0 aliphatic heterocycles. The average molecular weight is 260 g/mol. The fourth-order valence-electron chi connectivity index (χ4n) is 3.33. The minimum absolute atomic E-state index is 0.288. The maximum atomic E-state index is 6.49. The van der Waals surface area contributed by atoms with E-state index in [-0.39, 0.29) is 5.41 Å². The molecule has 2 unspecified atom stereocenters. The molecule has 2 rings (SSSR count). The van der Waals surface area contributed by atoms with Gasteiger partial charge in [0.1, 0.15) is 0 Å². The second-order valence-corrected chi connectivity index (χ2v) is 6.89. The Balaban J connectivity index is 2.04. The lowest BCUT2D eigenvalue weighted by molar-refractivity contribution is 0.142. The van der Waals surface area contributed by atoms with Crippen molar-refractivity contribution in [1.29, 1.82) is 0 Å². The summed E-state index contributed by atoms with van der Waals surface area (Å²) in [6, 6.07) is 9.03. The third-order valence-electron chi connectivity index (χ3n) is 4.76. The van der Waals surface area contributed by atoms with Crippen molar-refractivity contribution < 1.29 is 0 Å². The summed E-state index contributed by atoms with van der Waals surface area (Å²) in [4.78, 5) is 2.36. The van der Waals surface area contributed by atoms with Gasteiger partial charge in [-0.15, -0.1) is 0 Å². The van der Waals surface area contributed by atoms with Crippen LogP contribution in [0.1, 0.15) is 38.7 Å². The summed E-state index contributed by atoms with van der Waals surface area (Å²) in [5.74, 6) is 0.606. The molecular weight excluding hydrogens is 232 g/mol. The van der Waals surface area contributed by atoms with Crippen molar-refractivity contribution in [2.24, 2.45) is 17.1 Å². The highest BCUT2D eigenvalue weighted by molar-refractivity contribution is 5.47.